The standard InChI is InChI=1S/C15H22O3/c1-9-5-4-6-10(2)13(16)14-12(8-7-9)11(3)15(17)18-14/h5,11-14,16H,2,4,6-8H2,1,3H3/b9-5+/t11-,12-,13+,14-/m0/s1. The van der Waals surface area contributed by atoms with Crippen molar-refractivity contribution < 1.29 is 14.6 Å². The number of allylic oxidation sites excluding steroid dienone is 2. The van der Waals surface area contributed by atoms with E-state index in [2.05, 4.69) is 19.6 Å². The molecule has 4 atom stereocenters. The van der Waals surface area contributed by atoms with Gasteiger partial charge >= 0.3 is 5.97 Å². The van der Waals surface area contributed by atoms with E-state index in [1.165, 1.54) is 5.57 Å². The fourth-order valence-corrected chi connectivity index (χ4v) is 2.88. The number of carbonyl (C=O) groups excluding carboxylic acids is 1. The average Bonchev–Trinajstić information content (AvgIpc) is 2.61. The van der Waals surface area contributed by atoms with Crippen molar-refractivity contribution >= 4 is 5.97 Å². The Morgan fingerprint density at radius 3 is 2.89 bits per heavy atom. The number of aliphatic hydroxyl groups is 1. The summed E-state index contributed by atoms with van der Waals surface area (Å²) >= 11 is 0. The number of hydrogen-bond acceptors (Lipinski definition) is 3. The summed E-state index contributed by atoms with van der Waals surface area (Å²) in [6, 6.07) is 0. The van der Waals surface area contributed by atoms with Gasteiger partial charge in [0.1, 0.15) is 12.2 Å². The van der Waals surface area contributed by atoms with Gasteiger partial charge in [0.15, 0.2) is 0 Å². The van der Waals surface area contributed by atoms with E-state index in [0.717, 1.165) is 31.3 Å². The minimum Gasteiger partial charge on any atom is -0.459 e. The highest BCUT2D eigenvalue weighted by Crippen LogP contribution is 2.37. The van der Waals surface area contributed by atoms with Gasteiger partial charge in [-0.05, 0) is 38.2 Å². The summed E-state index contributed by atoms with van der Waals surface area (Å²) in [5.41, 5.74) is 2.13. The molecule has 1 aliphatic carbocycles. The van der Waals surface area contributed by atoms with E-state index in [9.17, 15) is 9.90 Å². The third kappa shape index (κ3) is 2.51. The van der Waals surface area contributed by atoms with Crippen LogP contribution in [0.5, 0.6) is 0 Å². The number of esters is 1. The zero-order valence-electron chi connectivity index (χ0n) is 11.2. The van der Waals surface area contributed by atoms with Crippen LogP contribution in [0, 0.1) is 11.8 Å². The minimum absolute atomic E-state index is 0.102. The highest BCUT2D eigenvalue weighted by molar-refractivity contribution is 5.75. The molecule has 18 heavy (non-hydrogen) atoms. The molecule has 0 radical (unpaired) electrons. The summed E-state index contributed by atoms with van der Waals surface area (Å²) in [5, 5.41) is 10.3. The van der Waals surface area contributed by atoms with Gasteiger partial charge in [-0.3, -0.25) is 4.79 Å². The van der Waals surface area contributed by atoms with Crippen LogP contribution in [0.4, 0.5) is 0 Å². The van der Waals surface area contributed by atoms with Gasteiger partial charge in [-0.25, -0.2) is 0 Å². The molecule has 1 saturated heterocycles. The smallest absolute Gasteiger partial charge is 0.309 e. The lowest BCUT2D eigenvalue weighted by atomic mass is 9.81. The van der Waals surface area contributed by atoms with Crippen LogP contribution in [0.25, 0.3) is 0 Å². The second-order valence-corrected chi connectivity index (χ2v) is 5.58. The van der Waals surface area contributed by atoms with Gasteiger partial charge in [0.2, 0.25) is 0 Å². The Bertz CT molecular complexity index is 383. The summed E-state index contributed by atoms with van der Waals surface area (Å²) in [6.07, 6.45) is 4.63. The van der Waals surface area contributed by atoms with Crippen LogP contribution in [-0.2, 0) is 9.53 Å². The van der Waals surface area contributed by atoms with E-state index in [4.69, 9.17) is 4.74 Å². The molecule has 0 saturated carbocycles. The lowest BCUT2D eigenvalue weighted by Crippen LogP contribution is -2.34. The van der Waals surface area contributed by atoms with Crippen LogP contribution < -0.4 is 0 Å². The van der Waals surface area contributed by atoms with Gasteiger partial charge < -0.3 is 9.84 Å². The van der Waals surface area contributed by atoms with E-state index >= 15 is 0 Å². The van der Waals surface area contributed by atoms with Crippen LogP contribution in [-0.4, -0.2) is 23.3 Å². The van der Waals surface area contributed by atoms with Crippen molar-refractivity contribution in [2.75, 3.05) is 0 Å². The van der Waals surface area contributed by atoms with Crippen molar-refractivity contribution in [1.82, 2.24) is 0 Å². The van der Waals surface area contributed by atoms with E-state index in [1.54, 1.807) is 0 Å². The molecule has 1 fully saturated rings. The maximum Gasteiger partial charge on any atom is 0.309 e. The number of hydrogen-bond donors (Lipinski definition) is 1. The molecule has 0 bridgehead atoms. The fraction of sp³-hybridized carbons (Fsp3) is 0.667. The number of ether oxygens (including phenoxy) is 1. The summed E-state index contributed by atoms with van der Waals surface area (Å²) in [7, 11) is 0. The first kappa shape index (κ1) is 13.3. The van der Waals surface area contributed by atoms with Crippen LogP contribution in [0.2, 0.25) is 0 Å². The maximum absolute atomic E-state index is 11.7. The first-order valence-electron chi connectivity index (χ1n) is 6.72. The average molecular weight is 250 g/mol. The number of carbonyl (C=O) groups is 1. The Kier molecular flexibility index (Phi) is 3.91. The predicted molar refractivity (Wildman–Crippen MR) is 69.9 cm³/mol. The zero-order chi connectivity index (χ0) is 13.3. The van der Waals surface area contributed by atoms with E-state index in [-0.39, 0.29) is 17.8 Å². The third-order valence-corrected chi connectivity index (χ3v) is 4.25. The van der Waals surface area contributed by atoms with Gasteiger partial charge in [0.25, 0.3) is 0 Å². The van der Waals surface area contributed by atoms with Crippen LogP contribution in [0.15, 0.2) is 23.8 Å². The molecule has 2 aliphatic rings. The molecule has 3 heteroatoms. The number of fused-ring (bicyclic) bond motifs is 1. The lowest BCUT2D eigenvalue weighted by molar-refractivity contribution is -0.146. The monoisotopic (exact) mass is 250 g/mol. The number of aliphatic hydroxyl groups excluding tert-OH is 1. The highest BCUT2D eigenvalue weighted by atomic mass is 16.6. The van der Waals surface area contributed by atoms with Gasteiger partial charge in [-0.15, -0.1) is 0 Å². The first-order valence-corrected chi connectivity index (χ1v) is 6.72. The quantitative estimate of drug-likeness (QED) is 0.531. The SMILES string of the molecule is C=C1CC/C=C(\C)CC[C@@H]2[C@H](OC(=O)[C@H]2C)[C@@H]1O. The Hall–Kier alpha value is -1.09. The topological polar surface area (TPSA) is 46.5 Å². The van der Waals surface area contributed by atoms with Gasteiger partial charge in [0.05, 0.1) is 5.92 Å². The molecule has 2 rings (SSSR count). The Morgan fingerprint density at radius 1 is 1.44 bits per heavy atom. The van der Waals surface area contributed by atoms with Gasteiger partial charge in [-0.2, -0.15) is 0 Å². The first-order chi connectivity index (χ1) is 8.50. The molecule has 3 nitrogen and oxygen atoms in total. The minimum atomic E-state index is -0.712. The van der Waals surface area contributed by atoms with Crippen LogP contribution in [0.1, 0.15) is 39.5 Å². The highest BCUT2D eigenvalue weighted by Gasteiger charge is 2.45. The Morgan fingerprint density at radius 2 is 2.17 bits per heavy atom. The molecule has 100 valence electrons. The largest absolute Gasteiger partial charge is 0.459 e. The molecular formula is C15H22O3. The summed E-state index contributed by atoms with van der Waals surface area (Å²) in [5.74, 6) is -0.201. The molecule has 1 heterocycles. The predicted octanol–water partition coefficient (Wildman–Crippen LogP) is 2.60. The van der Waals surface area contributed by atoms with Crippen LogP contribution >= 0.6 is 0 Å². The van der Waals surface area contributed by atoms with Crippen molar-refractivity contribution in [3.63, 3.8) is 0 Å². The fourth-order valence-electron chi connectivity index (χ4n) is 2.88. The summed E-state index contributed by atoms with van der Waals surface area (Å²) < 4.78 is 5.36. The molecule has 1 aliphatic heterocycles. The van der Waals surface area contributed by atoms with Crippen LogP contribution in [0.3, 0.4) is 0 Å². The van der Waals surface area contributed by atoms with E-state index < -0.39 is 12.2 Å². The van der Waals surface area contributed by atoms with Crippen molar-refractivity contribution in [3.05, 3.63) is 23.8 Å². The zero-order valence-corrected chi connectivity index (χ0v) is 11.2. The molecular weight excluding hydrogens is 228 g/mol. The molecule has 0 amide bonds. The van der Waals surface area contributed by atoms with E-state index in [0.29, 0.717) is 0 Å². The van der Waals surface area contributed by atoms with Crippen molar-refractivity contribution in [2.24, 2.45) is 11.8 Å². The van der Waals surface area contributed by atoms with Crippen molar-refractivity contribution in [1.29, 1.82) is 0 Å². The van der Waals surface area contributed by atoms with Gasteiger partial charge in [-0.1, -0.05) is 25.2 Å². The third-order valence-electron chi connectivity index (χ3n) is 4.25. The number of rotatable bonds is 0. The second kappa shape index (κ2) is 5.27. The molecule has 0 unspecified atom stereocenters. The maximum atomic E-state index is 11.7. The Balaban J connectivity index is 2.23. The summed E-state index contributed by atoms with van der Waals surface area (Å²) in [6.45, 7) is 7.95. The van der Waals surface area contributed by atoms with Crippen molar-refractivity contribution in [3.8, 4) is 0 Å². The normalized spacial score (nSPS) is 40.7. The molecule has 0 spiro atoms. The van der Waals surface area contributed by atoms with E-state index in [1.807, 2.05) is 6.92 Å². The molecule has 0 aromatic heterocycles. The summed E-state index contributed by atoms with van der Waals surface area (Å²) in [4.78, 5) is 11.7. The second-order valence-electron chi connectivity index (χ2n) is 5.58. The van der Waals surface area contributed by atoms with Crippen molar-refractivity contribution in [2.45, 2.75) is 51.7 Å². The molecule has 1 N–H and O–H groups in total. The molecule has 0 aromatic carbocycles. The Labute approximate surface area is 109 Å². The molecule has 0 aromatic rings. The van der Waals surface area contributed by atoms with Gasteiger partial charge in [0, 0.05) is 5.92 Å². The lowest BCUT2D eigenvalue weighted by Gasteiger charge is -2.26.